The Morgan fingerprint density at radius 1 is 1.36 bits per heavy atom. The van der Waals surface area contributed by atoms with Crippen LogP contribution in [0.3, 0.4) is 0 Å². The third-order valence-corrected chi connectivity index (χ3v) is 6.74. The molecule has 0 radical (unpaired) electrons. The van der Waals surface area contributed by atoms with Gasteiger partial charge in [0.1, 0.15) is 17.7 Å². The standard InChI is InChI=1S/C17H27FN4O3S2.HI/c1-14(25-16-5-3-4-15(18)12-16)13-21-17(19-2)20-6-11-27(23,24)22-7-9-26-10-8-22;/h3-5,12,14H,6-11,13H2,1-2H3,(H2,19,20,21);1H. The van der Waals surface area contributed by atoms with E-state index in [1.54, 1.807) is 35.2 Å². The maximum absolute atomic E-state index is 13.2. The predicted octanol–water partition coefficient (Wildman–Crippen LogP) is 1.75. The van der Waals surface area contributed by atoms with Crippen molar-refractivity contribution < 1.29 is 17.5 Å². The molecule has 1 unspecified atom stereocenters. The Labute approximate surface area is 188 Å². The van der Waals surface area contributed by atoms with E-state index in [9.17, 15) is 12.8 Å². The number of halogens is 2. The minimum atomic E-state index is -3.25. The molecule has 1 atom stereocenters. The third-order valence-electron chi connectivity index (χ3n) is 3.93. The van der Waals surface area contributed by atoms with Crippen molar-refractivity contribution in [3.8, 4) is 5.75 Å². The third kappa shape index (κ3) is 8.70. The molecule has 160 valence electrons. The predicted molar refractivity (Wildman–Crippen MR) is 124 cm³/mol. The first-order valence-electron chi connectivity index (χ1n) is 8.83. The van der Waals surface area contributed by atoms with Gasteiger partial charge in [-0.2, -0.15) is 11.8 Å². The van der Waals surface area contributed by atoms with Gasteiger partial charge in [-0.05, 0) is 19.1 Å². The van der Waals surface area contributed by atoms with E-state index in [1.165, 1.54) is 12.1 Å². The average molecular weight is 546 g/mol. The first kappa shape index (κ1) is 25.2. The van der Waals surface area contributed by atoms with Crippen molar-refractivity contribution in [2.75, 3.05) is 50.5 Å². The summed E-state index contributed by atoms with van der Waals surface area (Å²) in [5.74, 6) is 2.32. The van der Waals surface area contributed by atoms with Gasteiger partial charge in [-0.3, -0.25) is 4.99 Å². The van der Waals surface area contributed by atoms with Gasteiger partial charge >= 0.3 is 0 Å². The van der Waals surface area contributed by atoms with Crippen LogP contribution in [-0.4, -0.2) is 75.3 Å². The van der Waals surface area contributed by atoms with E-state index in [0.29, 0.717) is 31.3 Å². The number of hydrogen-bond acceptors (Lipinski definition) is 5. The van der Waals surface area contributed by atoms with Crippen LogP contribution >= 0.6 is 35.7 Å². The molecule has 1 aliphatic rings. The Morgan fingerprint density at radius 3 is 2.71 bits per heavy atom. The number of thioether (sulfide) groups is 1. The number of nitrogens with one attached hydrogen (secondary N) is 2. The second kappa shape index (κ2) is 12.7. The zero-order chi connectivity index (χ0) is 19.7. The summed E-state index contributed by atoms with van der Waals surface area (Å²) in [4.78, 5) is 4.08. The lowest BCUT2D eigenvalue weighted by Crippen LogP contribution is -2.45. The number of ether oxygens (including phenoxy) is 1. The number of guanidine groups is 1. The lowest BCUT2D eigenvalue weighted by molar-refractivity contribution is 0.223. The molecule has 0 saturated carbocycles. The quantitative estimate of drug-likeness (QED) is 0.294. The van der Waals surface area contributed by atoms with Crippen LogP contribution in [-0.2, 0) is 10.0 Å². The van der Waals surface area contributed by atoms with Crippen molar-refractivity contribution in [1.82, 2.24) is 14.9 Å². The molecule has 0 amide bonds. The van der Waals surface area contributed by atoms with E-state index in [4.69, 9.17) is 4.74 Å². The average Bonchev–Trinajstić information content (AvgIpc) is 2.65. The van der Waals surface area contributed by atoms with Crippen LogP contribution in [0.1, 0.15) is 6.92 Å². The highest BCUT2D eigenvalue weighted by atomic mass is 127. The summed E-state index contributed by atoms with van der Waals surface area (Å²) in [5.41, 5.74) is 0. The van der Waals surface area contributed by atoms with E-state index in [0.717, 1.165) is 11.5 Å². The van der Waals surface area contributed by atoms with E-state index >= 15 is 0 Å². The van der Waals surface area contributed by atoms with Crippen molar-refractivity contribution in [2.24, 2.45) is 4.99 Å². The Balaban J connectivity index is 0.00000392. The summed E-state index contributed by atoms with van der Waals surface area (Å²) < 4.78 is 45.0. The summed E-state index contributed by atoms with van der Waals surface area (Å²) in [6.45, 7) is 3.71. The highest BCUT2D eigenvalue weighted by molar-refractivity contribution is 14.0. The van der Waals surface area contributed by atoms with Crippen molar-refractivity contribution >= 4 is 51.7 Å². The minimum absolute atomic E-state index is 0. The topological polar surface area (TPSA) is 83.0 Å². The molecule has 0 aromatic heterocycles. The molecule has 2 rings (SSSR count). The monoisotopic (exact) mass is 546 g/mol. The Kier molecular flexibility index (Phi) is 11.5. The number of sulfonamides is 1. The molecule has 1 heterocycles. The molecule has 1 aliphatic heterocycles. The highest BCUT2D eigenvalue weighted by Crippen LogP contribution is 2.14. The zero-order valence-electron chi connectivity index (χ0n) is 16.1. The number of aliphatic imine (C=N–C) groups is 1. The number of nitrogens with zero attached hydrogens (tertiary/aromatic N) is 2. The fraction of sp³-hybridized carbons (Fsp3) is 0.588. The Bertz CT molecular complexity index is 731. The normalized spacial score (nSPS) is 16.8. The maximum Gasteiger partial charge on any atom is 0.215 e. The van der Waals surface area contributed by atoms with E-state index in [-0.39, 0.29) is 48.2 Å². The summed E-state index contributed by atoms with van der Waals surface area (Å²) in [5, 5.41) is 6.08. The first-order chi connectivity index (χ1) is 12.9. The van der Waals surface area contributed by atoms with E-state index in [2.05, 4.69) is 15.6 Å². The summed E-state index contributed by atoms with van der Waals surface area (Å²) >= 11 is 1.77. The molecular weight excluding hydrogens is 518 g/mol. The second-order valence-electron chi connectivity index (χ2n) is 6.09. The van der Waals surface area contributed by atoms with Crippen LogP contribution in [0.4, 0.5) is 4.39 Å². The number of rotatable bonds is 8. The lowest BCUT2D eigenvalue weighted by Gasteiger charge is -2.25. The highest BCUT2D eigenvalue weighted by Gasteiger charge is 2.23. The largest absolute Gasteiger partial charge is 0.489 e. The van der Waals surface area contributed by atoms with Gasteiger partial charge in [0.15, 0.2) is 5.96 Å². The maximum atomic E-state index is 13.2. The number of hydrogen-bond donors (Lipinski definition) is 2. The van der Waals surface area contributed by atoms with Gasteiger partial charge in [-0.1, -0.05) is 6.07 Å². The molecule has 1 aromatic carbocycles. The summed E-state index contributed by atoms with van der Waals surface area (Å²) in [7, 11) is -1.63. The molecular formula is C17H28FIN4O3S2. The zero-order valence-corrected chi connectivity index (χ0v) is 20.0. The minimum Gasteiger partial charge on any atom is -0.489 e. The summed E-state index contributed by atoms with van der Waals surface area (Å²) in [6.07, 6.45) is -0.222. The van der Waals surface area contributed by atoms with Crippen LogP contribution in [0, 0.1) is 5.82 Å². The van der Waals surface area contributed by atoms with Gasteiger partial charge in [0.25, 0.3) is 0 Å². The van der Waals surface area contributed by atoms with Gasteiger partial charge in [0.05, 0.1) is 12.3 Å². The van der Waals surface area contributed by atoms with Crippen molar-refractivity contribution in [3.05, 3.63) is 30.1 Å². The molecule has 1 aromatic rings. The van der Waals surface area contributed by atoms with Gasteiger partial charge in [-0.25, -0.2) is 17.1 Å². The van der Waals surface area contributed by atoms with Gasteiger partial charge in [0.2, 0.25) is 10.0 Å². The smallest absolute Gasteiger partial charge is 0.215 e. The van der Waals surface area contributed by atoms with Gasteiger partial charge in [0, 0.05) is 44.3 Å². The van der Waals surface area contributed by atoms with Crippen LogP contribution in [0.5, 0.6) is 5.75 Å². The molecule has 0 spiro atoms. The van der Waals surface area contributed by atoms with Gasteiger partial charge < -0.3 is 15.4 Å². The molecule has 1 saturated heterocycles. The summed E-state index contributed by atoms with van der Waals surface area (Å²) in [6, 6.07) is 5.97. The van der Waals surface area contributed by atoms with Crippen molar-refractivity contribution in [3.63, 3.8) is 0 Å². The van der Waals surface area contributed by atoms with Crippen LogP contribution < -0.4 is 15.4 Å². The fourth-order valence-corrected chi connectivity index (χ4v) is 5.02. The molecule has 0 aliphatic carbocycles. The van der Waals surface area contributed by atoms with Crippen molar-refractivity contribution in [2.45, 2.75) is 13.0 Å². The Hall–Kier alpha value is -0.790. The van der Waals surface area contributed by atoms with Crippen LogP contribution in [0.2, 0.25) is 0 Å². The molecule has 11 heteroatoms. The fourth-order valence-electron chi connectivity index (χ4n) is 2.53. The second-order valence-corrected chi connectivity index (χ2v) is 9.41. The van der Waals surface area contributed by atoms with E-state index in [1.807, 2.05) is 6.92 Å². The molecule has 2 N–H and O–H groups in total. The van der Waals surface area contributed by atoms with Crippen molar-refractivity contribution in [1.29, 1.82) is 0 Å². The molecule has 7 nitrogen and oxygen atoms in total. The first-order valence-corrected chi connectivity index (χ1v) is 11.6. The molecule has 0 bridgehead atoms. The molecule has 28 heavy (non-hydrogen) atoms. The van der Waals surface area contributed by atoms with Crippen LogP contribution in [0.15, 0.2) is 29.3 Å². The Morgan fingerprint density at radius 2 is 2.07 bits per heavy atom. The van der Waals surface area contributed by atoms with Crippen LogP contribution in [0.25, 0.3) is 0 Å². The molecule has 1 fully saturated rings. The van der Waals surface area contributed by atoms with Gasteiger partial charge in [-0.15, -0.1) is 24.0 Å². The lowest BCUT2D eigenvalue weighted by atomic mass is 10.3. The SMILES string of the molecule is CN=C(NCCS(=O)(=O)N1CCSCC1)NCC(C)Oc1cccc(F)c1.I. The van der Waals surface area contributed by atoms with E-state index < -0.39 is 10.0 Å². The number of benzene rings is 1.